The number of aldehydes is 1. The lowest BCUT2D eigenvalue weighted by Gasteiger charge is -1.92. The van der Waals surface area contributed by atoms with Crippen molar-refractivity contribution in [3.8, 4) is 0 Å². The van der Waals surface area contributed by atoms with Gasteiger partial charge in [0.1, 0.15) is 5.82 Å². The van der Waals surface area contributed by atoms with E-state index in [-0.39, 0.29) is 5.02 Å². The van der Waals surface area contributed by atoms with E-state index in [0.717, 1.165) is 6.07 Å². The Morgan fingerprint density at radius 1 is 1.36 bits per heavy atom. The van der Waals surface area contributed by atoms with Gasteiger partial charge in [-0.3, -0.25) is 4.79 Å². The number of nitrogens with zero attached hydrogens (tertiary/aromatic N) is 1. The lowest BCUT2D eigenvalue weighted by molar-refractivity contribution is 0.112. The van der Waals surface area contributed by atoms with E-state index in [9.17, 15) is 9.18 Å². The second-order valence-electron chi connectivity index (χ2n) is 3.13. The maximum absolute atomic E-state index is 12.3. The quantitative estimate of drug-likeness (QED) is 0.674. The van der Waals surface area contributed by atoms with Gasteiger partial charge in [0, 0.05) is 5.56 Å². The first-order valence-corrected chi connectivity index (χ1v) is 4.36. The summed E-state index contributed by atoms with van der Waals surface area (Å²) in [6.45, 7) is 0. The van der Waals surface area contributed by atoms with E-state index in [2.05, 4.69) is 0 Å². The summed E-state index contributed by atoms with van der Waals surface area (Å²) in [6, 6.07) is 3.63. The average molecular weight is 218 g/mol. The Hall–Kier alpha value is -0.930. The lowest BCUT2D eigenvalue weighted by atomic mass is 10.2. The zero-order valence-corrected chi connectivity index (χ0v) is 9.18. The molecule has 2 nitrogen and oxygen atoms in total. The summed E-state index contributed by atoms with van der Waals surface area (Å²) in [4.78, 5) is 12.1. The third kappa shape index (κ3) is 5.67. The van der Waals surface area contributed by atoms with E-state index in [1.54, 1.807) is 0 Å². The second-order valence-corrected chi connectivity index (χ2v) is 3.53. The van der Waals surface area contributed by atoms with Crippen molar-refractivity contribution in [1.82, 2.24) is 4.90 Å². The van der Waals surface area contributed by atoms with Crippen LogP contribution in [0.4, 0.5) is 4.39 Å². The van der Waals surface area contributed by atoms with Crippen molar-refractivity contribution >= 4 is 17.9 Å². The molecule has 0 amide bonds. The average Bonchev–Trinajstić information content (AvgIpc) is 2.03. The van der Waals surface area contributed by atoms with Gasteiger partial charge >= 0.3 is 0 Å². The molecule has 0 aliphatic carbocycles. The van der Waals surface area contributed by atoms with Crippen molar-refractivity contribution in [2.45, 2.75) is 0 Å². The highest BCUT2D eigenvalue weighted by Crippen LogP contribution is 2.14. The fraction of sp³-hybridized carbons (Fsp3) is 0.300. The molecule has 0 saturated carbocycles. The summed E-state index contributed by atoms with van der Waals surface area (Å²) in [5.74, 6) is -0.435. The van der Waals surface area contributed by atoms with Crippen LogP contribution in [0.1, 0.15) is 10.4 Å². The molecular weight excluding hydrogens is 205 g/mol. The van der Waals surface area contributed by atoms with Crippen molar-refractivity contribution in [2.75, 3.05) is 21.1 Å². The van der Waals surface area contributed by atoms with Crippen molar-refractivity contribution in [3.63, 3.8) is 0 Å². The van der Waals surface area contributed by atoms with E-state index in [1.807, 2.05) is 26.0 Å². The van der Waals surface area contributed by atoms with E-state index in [1.165, 1.54) is 12.1 Å². The summed E-state index contributed by atoms with van der Waals surface area (Å²) in [7, 11) is 6.00. The Kier molecular flexibility index (Phi) is 6.08. The summed E-state index contributed by atoms with van der Waals surface area (Å²) < 4.78 is 12.3. The van der Waals surface area contributed by atoms with E-state index in [4.69, 9.17) is 11.6 Å². The molecule has 0 atom stereocenters. The SMILES string of the molecule is CN(C)C.O=Cc1ccc(F)cc1Cl. The van der Waals surface area contributed by atoms with Gasteiger partial charge < -0.3 is 4.90 Å². The smallest absolute Gasteiger partial charge is 0.151 e. The minimum absolute atomic E-state index is 0.148. The Morgan fingerprint density at radius 3 is 2.21 bits per heavy atom. The van der Waals surface area contributed by atoms with Crippen LogP contribution in [0, 0.1) is 5.82 Å². The third-order valence-electron chi connectivity index (χ3n) is 1.09. The monoisotopic (exact) mass is 217 g/mol. The normalized spacial score (nSPS) is 9.29. The molecular formula is C10H13ClFNO. The molecule has 4 heteroatoms. The standard InChI is InChI=1S/C7H4ClFO.C3H9N/c8-7-3-6(9)2-1-5(7)4-10;1-4(2)3/h1-4H;1-3H3. The molecule has 14 heavy (non-hydrogen) atoms. The van der Waals surface area contributed by atoms with Crippen LogP contribution in [0.3, 0.4) is 0 Å². The lowest BCUT2D eigenvalue weighted by Crippen LogP contribution is -1.99. The fourth-order valence-corrected chi connectivity index (χ4v) is 0.809. The fourth-order valence-electron chi connectivity index (χ4n) is 0.597. The van der Waals surface area contributed by atoms with E-state index >= 15 is 0 Å². The van der Waals surface area contributed by atoms with Gasteiger partial charge in [0.2, 0.25) is 0 Å². The molecule has 0 heterocycles. The zero-order chi connectivity index (χ0) is 11.1. The molecule has 78 valence electrons. The van der Waals surface area contributed by atoms with Crippen LogP contribution in [0.15, 0.2) is 18.2 Å². The van der Waals surface area contributed by atoms with Crippen molar-refractivity contribution < 1.29 is 9.18 Å². The molecule has 0 aromatic heterocycles. The van der Waals surface area contributed by atoms with Crippen LogP contribution in [0.2, 0.25) is 5.02 Å². The highest BCUT2D eigenvalue weighted by atomic mass is 35.5. The topological polar surface area (TPSA) is 20.3 Å². The molecule has 0 aliphatic heterocycles. The second kappa shape index (κ2) is 6.51. The molecule has 0 unspecified atom stereocenters. The highest BCUT2D eigenvalue weighted by Gasteiger charge is 1.98. The van der Waals surface area contributed by atoms with Crippen LogP contribution >= 0.6 is 11.6 Å². The van der Waals surface area contributed by atoms with Crippen LogP contribution in [-0.4, -0.2) is 32.3 Å². The summed E-state index contributed by atoms with van der Waals surface area (Å²) >= 11 is 5.46. The predicted molar refractivity (Wildman–Crippen MR) is 56.4 cm³/mol. The molecule has 0 radical (unpaired) electrons. The minimum atomic E-state index is -0.435. The molecule has 0 N–H and O–H groups in total. The number of rotatable bonds is 1. The van der Waals surface area contributed by atoms with Gasteiger partial charge in [-0.2, -0.15) is 0 Å². The van der Waals surface area contributed by atoms with E-state index < -0.39 is 5.82 Å². The first-order valence-electron chi connectivity index (χ1n) is 3.98. The summed E-state index contributed by atoms with van der Waals surface area (Å²) in [5, 5.41) is 0.148. The van der Waals surface area contributed by atoms with Gasteiger partial charge in [0.15, 0.2) is 6.29 Å². The van der Waals surface area contributed by atoms with Gasteiger partial charge in [-0.15, -0.1) is 0 Å². The number of halogens is 2. The third-order valence-corrected chi connectivity index (χ3v) is 1.42. The number of hydrogen-bond donors (Lipinski definition) is 0. The molecule has 0 bridgehead atoms. The Balaban J connectivity index is 0.000000364. The van der Waals surface area contributed by atoms with Crippen molar-refractivity contribution in [2.24, 2.45) is 0 Å². The first-order chi connectivity index (χ1) is 6.47. The predicted octanol–water partition coefficient (Wildman–Crippen LogP) is 2.47. The van der Waals surface area contributed by atoms with Gasteiger partial charge in [0.25, 0.3) is 0 Å². The molecule has 0 fully saturated rings. The number of carbonyl (C=O) groups is 1. The van der Waals surface area contributed by atoms with Gasteiger partial charge in [-0.1, -0.05) is 11.6 Å². The Labute approximate surface area is 88.3 Å². The summed E-state index contributed by atoms with van der Waals surface area (Å²) in [6.07, 6.45) is 0.585. The molecule has 0 aliphatic rings. The van der Waals surface area contributed by atoms with Crippen LogP contribution in [0.5, 0.6) is 0 Å². The maximum Gasteiger partial charge on any atom is 0.151 e. The van der Waals surface area contributed by atoms with E-state index in [0.29, 0.717) is 11.8 Å². The van der Waals surface area contributed by atoms with Gasteiger partial charge in [-0.25, -0.2) is 4.39 Å². The number of hydrogen-bond acceptors (Lipinski definition) is 2. The minimum Gasteiger partial charge on any atom is -0.312 e. The van der Waals surface area contributed by atoms with Gasteiger partial charge in [-0.05, 0) is 39.3 Å². The number of benzene rings is 1. The number of carbonyl (C=O) groups excluding carboxylic acids is 1. The molecule has 1 aromatic carbocycles. The van der Waals surface area contributed by atoms with Crippen LogP contribution in [-0.2, 0) is 0 Å². The summed E-state index contributed by atoms with van der Waals surface area (Å²) in [5.41, 5.74) is 0.308. The highest BCUT2D eigenvalue weighted by molar-refractivity contribution is 6.32. The maximum atomic E-state index is 12.3. The zero-order valence-electron chi connectivity index (χ0n) is 8.42. The Bertz CT molecular complexity index is 299. The van der Waals surface area contributed by atoms with Crippen LogP contribution in [0.25, 0.3) is 0 Å². The van der Waals surface area contributed by atoms with Crippen LogP contribution < -0.4 is 0 Å². The Morgan fingerprint density at radius 2 is 1.86 bits per heavy atom. The van der Waals surface area contributed by atoms with Crippen molar-refractivity contribution in [3.05, 3.63) is 34.6 Å². The molecule has 0 spiro atoms. The van der Waals surface area contributed by atoms with Crippen molar-refractivity contribution in [1.29, 1.82) is 0 Å². The first kappa shape index (κ1) is 13.1. The van der Waals surface area contributed by atoms with Gasteiger partial charge in [0.05, 0.1) is 5.02 Å². The molecule has 1 aromatic rings. The molecule has 1 rings (SSSR count). The molecule has 0 saturated heterocycles. The largest absolute Gasteiger partial charge is 0.312 e.